The molecule has 3 N–H and O–H groups in total. The summed E-state index contributed by atoms with van der Waals surface area (Å²) in [5.74, 6) is -2.20. The molecule has 19 heteroatoms. The highest BCUT2D eigenvalue weighted by Gasteiger charge is 2.30. The van der Waals surface area contributed by atoms with Gasteiger partial charge in [-0.25, -0.2) is 9.13 Å². The van der Waals surface area contributed by atoms with Gasteiger partial charge < -0.3 is 33.8 Å². The van der Waals surface area contributed by atoms with Crippen LogP contribution in [0.15, 0.2) is 85.1 Å². The van der Waals surface area contributed by atoms with Gasteiger partial charge in [0.2, 0.25) is 0 Å². The van der Waals surface area contributed by atoms with Crippen LogP contribution >= 0.6 is 15.6 Å². The predicted octanol–water partition coefficient (Wildman–Crippen LogP) is 21.4. The van der Waals surface area contributed by atoms with E-state index in [2.05, 4.69) is 113 Å². The highest BCUT2D eigenvalue weighted by Crippen LogP contribution is 2.45. The number of rotatable bonds is 71. The van der Waals surface area contributed by atoms with Gasteiger partial charge >= 0.3 is 39.5 Å². The molecule has 0 heterocycles. The first-order chi connectivity index (χ1) is 46.7. The van der Waals surface area contributed by atoms with Gasteiger partial charge in [0.25, 0.3) is 0 Å². The Labute approximate surface area is 583 Å². The van der Waals surface area contributed by atoms with Gasteiger partial charge in [0.1, 0.15) is 19.3 Å². The van der Waals surface area contributed by atoms with Crippen LogP contribution in [0.1, 0.15) is 323 Å². The van der Waals surface area contributed by atoms with Crippen molar-refractivity contribution >= 4 is 39.5 Å². The quantitative estimate of drug-likeness (QED) is 0.0169. The van der Waals surface area contributed by atoms with E-state index in [1.165, 1.54) is 70.6 Å². The Morgan fingerprint density at radius 2 is 0.552 bits per heavy atom. The van der Waals surface area contributed by atoms with Crippen molar-refractivity contribution < 1.29 is 80.2 Å². The van der Waals surface area contributed by atoms with E-state index in [-0.39, 0.29) is 25.7 Å². The molecule has 0 aromatic heterocycles. The maximum atomic E-state index is 13.1. The van der Waals surface area contributed by atoms with Gasteiger partial charge in [0.05, 0.1) is 26.4 Å². The van der Waals surface area contributed by atoms with Crippen LogP contribution in [0.3, 0.4) is 0 Å². The highest BCUT2D eigenvalue weighted by molar-refractivity contribution is 7.47. The lowest BCUT2D eigenvalue weighted by Crippen LogP contribution is -2.30. The summed E-state index contributed by atoms with van der Waals surface area (Å²) in [6, 6.07) is 0. The van der Waals surface area contributed by atoms with Crippen molar-refractivity contribution in [1.82, 2.24) is 0 Å². The lowest BCUT2D eigenvalue weighted by molar-refractivity contribution is -0.161. The van der Waals surface area contributed by atoms with E-state index >= 15 is 0 Å². The fourth-order valence-corrected chi connectivity index (χ4v) is 11.6. The molecule has 0 aliphatic rings. The fourth-order valence-electron chi connectivity index (χ4n) is 10.0. The molecule has 0 aliphatic carbocycles. The van der Waals surface area contributed by atoms with Crippen LogP contribution in [0.2, 0.25) is 0 Å². The highest BCUT2D eigenvalue weighted by atomic mass is 31.2. The van der Waals surface area contributed by atoms with Gasteiger partial charge in [-0.3, -0.25) is 37.3 Å². The molecular formula is C77H136O17P2. The van der Waals surface area contributed by atoms with Crippen LogP contribution in [-0.2, 0) is 65.4 Å². The summed E-state index contributed by atoms with van der Waals surface area (Å²) >= 11 is 0. The molecule has 556 valence electrons. The molecule has 96 heavy (non-hydrogen) atoms. The van der Waals surface area contributed by atoms with E-state index in [1.54, 1.807) is 0 Å². The Bertz CT molecular complexity index is 2160. The second kappa shape index (κ2) is 69.7. The molecule has 0 saturated heterocycles. The van der Waals surface area contributed by atoms with Crippen molar-refractivity contribution in [1.29, 1.82) is 0 Å². The monoisotopic (exact) mass is 1390 g/mol. The molecular weight excluding hydrogens is 1260 g/mol. The van der Waals surface area contributed by atoms with Crippen molar-refractivity contribution in [3.8, 4) is 0 Å². The number of carbonyl (C=O) groups excluding carboxylic acids is 4. The van der Waals surface area contributed by atoms with Crippen LogP contribution in [-0.4, -0.2) is 96.7 Å². The zero-order chi connectivity index (χ0) is 70.4. The molecule has 0 amide bonds. The first kappa shape index (κ1) is 92.2. The summed E-state index contributed by atoms with van der Waals surface area (Å²) in [6.45, 7) is 4.67. The van der Waals surface area contributed by atoms with E-state index in [0.717, 1.165) is 173 Å². The van der Waals surface area contributed by atoms with E-state index in [9.17, 15) is 43.2 Å². The summed E-state index contributed by atoms with van der Waals surface area (Å²) in [6.07, 6.45) is 70.1. The maximum absolute atomic E-state index is 13.1. The Morgan fingerprint density at radius 3 is 0.896 bits per heavy atom. The zero-order valence-electron chi connectivity index (χ0n) is 60.5. The van der Waals surface area contributed by atoms with Crippen LogP contribution in [0.4, 0.5) is 0 Å². The predicted molar refractivity (Wildman–Crippen MR) is 390 cm³/mol. The minimum atomic E-state index is -4.98. The first-order valence-electron chi connectivity index (χ1n) is 37.8. The van der Waals surface area contributed by atoms with Gasteiger partial charge in [0.15, 0.2) is 12.2 Å². The molecule has 0 bridgehead atoms. The lowest BCUT2D eigenvalue weighted by atomic mass is 10.1. The number of phosphoric acid groups is 2. The first-order valence-corrected chi connectivity index (χ1v) is 40.8. The van der Waals surface area contributed by atoms with Crippen molar-refractivity contribution in [2.45, 2.75) is 341 Å². The standard InChI is InChI=1S/C77H136O17P2/c1-5-9-13-17-21-25-29-31-33-34-35-36-38-39-43-46-50-54-58-62-75(80)88-68-73(94-77(82)64-60-56-52-48-44-40-37-32-30-26-22-18-14-10-6-2)70-92-96(85,86)90-66-71(78)65-89-95(83,84)91-69-72(93-76(81)63-59-55-51-47-42-28-24-20-16-12-8-4)67-87-74(79)61-57-53-49-45-41-27-23-19-15-11-7-3/h9,13,19,21-23,25-26,31-33,35-37,71-73,78H,5-8,10-12,14-18,20,24,27-30,34,38-70H2,1-4H3,(H,83,84)(H,85,86)/b13-9-,23-19-,25-21-,26-22-,33-31-,36-35-,37-32-. The average molecular weight is 1400 g/mol. The van der Waals surface area contributed by atoms with Crippen LogP contribution < -0.4 is 0 Å². The molecule has 0 radical (unpaired) electrons. The van der Waals surface area contributed by atoms with Gasteiger partial charge in [-0.15, -0.1) is 0 Å². The molecule has 0 rings (SSSR count). The fraction of sp³-hybridized carbons (Fsp3) is 0.766. The van der Waals surface area contributed by atoms with Crippen LogP contribution in [0.25, 0.3) is 0 Å². The van der Waals surface area contributed by atoms with Gasteiger partial charge in [-0.05, 0) is 116 Å². The number of phosphoric ester groups is 2. The zero-order valence-corrected chi connectivity index (χ0v) is 62.3. The van der Waals surface area contributed by atoms with Crippen LogP contribution in [0.5, 0.6) is 0 Å². The number of unbranched alkanes of at least 4 members (excludes halogenated alkanes) is 31. The molecule has 0 aliphatic heterocycles. The number of hydrogen-bond acceptors (Lipinski definition) is 15. The molecule has 0 aromatic carbocycles. The number of ether oxygens (including phenoxy) is 4. The molecule has 5 atom stereocenters. The number of carbonyl (C=O) groups is 4. The number of allylic oxidation sites excluding steroid dienone is 14. The van der Waals surface area contributed by atoms with E-state index in [4.69, 9.17) is 37.0 Å². The Morgan fingerprint density at radius 1 is 0.302 bits per heavy atom. The third-order valence-electron chi connectivity index (χ3n) is 15.8. The topological polar surface area (TPSA) is 237 Å². The van der Waals surface area contributed by atoms with Crippen LogP contribution in [0, 0.1) is 0 Å². The Kier molecular flexibility index (Phi) is 67.0. The summed E-state index contributed by atoms with van der Waals surface area (Å²) in [5.41, 5.74) is 0. The second-order valence-electron chi connectivity index (χ2n) is 25.2. The smallest absolute Gasteiger partial charge is 0.462 e. The van der Waals surface area contributed by atoms with Crippen molar-refractivity contribution in [3.05, 3.63) is 85.1 Å². The Hall–Kier alpha value is -3.76. The molecule has 0 spiro atoms. The maximum Gasteiger partial charge on any atom is 0.472 e. The SMILES string of the molecule is CC/C=C\C/C=C\C/C=C\C/C=C\CCCCCCCCC(=O)OCC(COP(=O)(O)OCC(O)COP(=O)(O)OCC(COC(=O)CCCCCCC/C=C\CCCC)OC(=O)CCCCCCCCCCCCC)OC(=O)CCCCCCC/C=C\C/C=C\CCCCC. The van der Waals surface area contributed by atoms with Gasteiger partial charge in [-0.1, -0.05) is 267 Å². The molecule has 0 fully saturated rings. The molecule has 0 aromatic rings. The number of hydrogen-bond donors (Lipinski definition) is 3. The normalized spacial score (nSPS) is 14.4. The average Bonchev–Trinajstić information content (AvgIpc) is 1.41. The molecule has 17 nitrogen and oxygen atoms in total. The summed E-state index contributed by atoms with van der Waals surface area (Å²) in [4.78, 5) is 72.7. The van der Waals surface area contributed by atoms with Crippen molar-refractivity contribution in [3.63, 3.8) is 0 Å². The van der Waals surface area contributed by atoms with E-state index in [0.29, 0.717) is 25.7 Å². The summed E-state index contributed by atoms with van der Waals surface area (Å²) < 4.78 is 68.4. The largest absolute Gasteiger partial charge is 0.472 e. The van der Waals surface area contributed by atoms with Crippen molar-refractivity contribution in [2.75, 3.05) is 39.6 Å². The molecule has 0 saturated carbocycles. The second-order valence-corrected chi connectivity index (χ2v) is 28.1. The minimum absolute atomic E-state index is 0.0766. The molecule has 5 unspecified atom stereocenters. The van der Waals surface area contributed by atoms with E-state index in [1.807, 2.05) is 0 Å². The lowest BCUT2D eigenvalue weighted by Gasteiger charge is -2.21. The Balaban J connectivity index is 5.32. The van der Waals surface area contributed by atoms with Crippen molar-refractivity contribution in [2.24, 2.45) is 0 Å². The minimum Gasteiger partial charge on any atom is -0.462 e. The van der Waals surface area contributed by atoms with E-state index < -0.39 is 97.5 Å². The number of aliphatic hydroxyl groups excluding tert-OH is 1. The summed E-state index contributed by atoms with van der Waals surface area (Å²) in [7, 11) is -9.94. The number of aliphatic hydroxyl groups is 1. The van der Waals surface area contributed by atoms with Gasteiger partial charge in [-0.2, -0.15) is 0 Å². The summed E-state index contributed by atoms with van der Waals surface area (Å²) in [5, 5.41) is 10.6. The number of esters is 4. The van der Waals surface area contributed by atoms with Gasteiger partial charge in [0, 0.05) is 25.7 Å². The third-order valence-corrected chi connectivity index (χ3v) is 17.7. The third kappa shape index (κ3) is 68.8.